The van der Waals surface area contributed by atoms with Gasteiger partial charge in [0.2, 0.25) is 0 Å². The van der Waals surface area contributed by atoms with Crippen LogP contribution in [0.5, 0.6) is 0 Å². The first kappa shape index (κ1) is 6.31. The first-order valence-corrected chi connectivity index (χ1v) is 2.69. The van der Waals surface area contributed by atoms with E-state index < -0.39 is 8.53 Å². The second kappa shape index (κ2) is 2.48. The minimum Gasteiger partial charge on any atom is -0.338 e. The molecule has 0 spiro atoms. The molecule has 0 aliphatic rings. The fourth-order valence-electron chi connectivity index (χ4n) is 0. The molecular formula is C2H8NO2P. The molecule has 0 bridgehead atoms. The van der Waals surface area contributed by atoms with Crippen molar-refractivity contribution in [3.8, 4) is 0 Å². The Morgan fingerprint density at radius 3 is 1.50 bits per heavy atom. The van der Waals surface area contributed by atoms with Crippen LogP contribution in [-0.2, 0) is 0 Å². The van der Waals surface area contributed by atoms with Crippen LogP contribution < -0.4 is 0 Å². The highest BCUT2D eigenvalue weighted by Gasteiger charge is 1.96. The molecule has 0 saturated carbocycles. The lowest BCUT2D eigenvalue weighted by molar-refractivity contribution is 0.407. The van der Waals surface area contributed by atoms with Gasteiger partial charge in [-0.1, -0.05) is 0 Å². The van der Waals surface area contributed by atoms with Gasteiger partial charge in [0.1, 0.15) is 0 Å². The Balaban J connectivity index is 2.99. The van der Waals surface area contributed by atoms with Crippen LogP contribution in [0, 0.1) is 0 Å². The molecule has 0 aromatic carbocycles. The van der Waals surface area contributed by atoms with Crippen molar-refractivity contribution in [3.63, 3.8) is 0 Å². The monoisotopic (exact) mass is 109 g/mol. The topological polar surface area (TPSA) is 43.7 Å². The van der Waals surface area contributed by atoms with Crippen molar-refractivity contribution in [2.24, 2.45) is 0 Å². The summed E-state index contributed by atoms with van der Waals surface area (Å²) >= 11 is 0. The zero-order chi connectivity index (χ0) is 5.15. The van der Waals surface area contributed by atoms with Gasteiger partial charge in [-0.25, -0.2) is 4.67 Å². The Hall–Kier alpha value is 0.310. The normalized spacial score (nSPS) is 11.0. The summed E-state index contributed by atoms with van der Waals surface area (Å²) < 4.78 is 1.34. The summed E-state index contributed by atoms with van der Waals surface area (Å²) in [6.45, 7) is 0. The maximum Gasteiger partial charge on any atom is 0.252 e. The summed E-state index contributed by atoms with van der Waals surface area (Å²) in [5.41, 5.74) is 0. The minimum absolute atomic E-state index is 1.34. The van der Waals surface area contributed by atoms with Gasteiger partial charge < -0.3 is 9.79 Å². The summed E-state index contributed by atoms with van der Waals surface area (Å²) in [5.74, 6) is 0. The number of hydrogen-bond donors (Lipinski definition) is 2. The summed E-state index contributed by atoms with van der Waals surface area (Å²) in [6.07, 6.45) is 0. The van der Waals surface area contributed by atoms with E-state index in [0.717, 1.165) is 0 Å². The summed E-state index contributed by atoms with van der Waals surface area (Å²) in [7, 11) is 1.38. The van der Waals surface area contributed by atoms with Gasteiger partial charge in [0.15, 0.2) is 0 Å². The fraction of sp³-hybridized carbons (Fsp3) is 1.00. The summed E-state index contributed by atoms with van der Waals surface area (Å²) in [5, 5.41) is 0. The van der Waals surface area contributed by atoms with Crippen molar-refractivity contribution in [3.05, 3.63) is 0 Å². The first-order chi connectivity index (χ1) is 2.64. The average Bonchev–Trinajstić information content (AvgIpc) is 1.36. The van der Waals surface area contributed by atoms with Crippen LogP contribution in [0.3, 0.4) is 0 Å². The number of hydrogen-bond acceptors (Lipinski definition) is 3. The van der Waals surface area contributed by atoms with E-state index >= 15 is 0 Å². The molecule has 0 unspecified atom stereocenters. The Morgan fingerprint density at radius 1 is 1.33 bits per heavy atom. The van der Waals surface area contributed by atoms with E-state index in [2.05, 4.69) is 0 Å². The third-order valence-corrected chi connectivity index (χ3v) is 1.07. The van der Waals surface area contributed by atoms with Crippen molar-refractivity contribution in [2.45, 2.75) is 0 Å². The minimum atomic E-state index is -1.83. The molecule has 0 aromatic rings. The van der Waals surface area contributed by atoms with E-state index in [0.29, 0.717) is 0 Å². The lowest BCUT2D eigenvalue weighted by atomic mass is 11.3. The molecular weight excluding hydrogens is 101 g/mol. The summed E-state index contributed by atoms with van der Waals surface area (Å²) in [6, 6.07) is 0. The van der Waals surface area contributed by atoms with Gasteiger partial charge in [-0.05, 0) is 14.1 Å². The Labute approximate surface area is 38.2 Å². The molecule has 0 aromatic heterocycles. The Kier molecular flexibility index (Phi) is 2.61. The fourth-order valence-corrected chi connectivity index (χ4v) is 0. The highest BCUT2D eigenvalue weighted by Crippen LogP contribution is 2.23. The van der Waals surface area contributed by atoms with Crippen LogP contribution >= 0.6 is 8.53 Å². The molecule has 0 amide bonds. The number of nitrogens with zero attached hydrogens (tertiary/aromatic N) is 1. The molecule has 0 atom stereocenters. The molecule has 0 fully saturated rings. The molecule has 0 heterocycles. The van der Waals surface area contributed by atoms with Crippen molar-refractivity contribution < 1.29 is 9.79 Å². The van der Waals surface area contributed by atoms with E-state index in [9.17, 15) is 0 Å². The van der Waals surface area contributed by atoms with Crippen molar-refractivity contribution in [1.82, 2.24) is 4.67 Å². The standard InChI is InChI=1S/C2H8NO2P/c1-3(2)6(4)5/h4-5H,1-2H3. The Bertz CT molecular complexity index is 32.5. The third kappa shape index (κ3) is 2.54. The van der Waals surface area contributed by atoms with Crippen LogP contribution in [0.4, 0.5) is 0 Å². The largest absolute Gasteiger partial charge is 0.338 e. The maximum absolute atomic E-state index is 8.18. The molecule has 2 N–H and O–H groups in total. The molecule has 0 saturated heterocycles. The van der Waals surface area contributed by atoms with E-state index in [-0.39, 0.29) is 0 Å². The predicted octanol–water partition coefficient (Wildman–Crippen LogP) is -0.241. The van der Waals surface area contributed by atoms with Gasteiger partial charge >= 0.3 is 0 Å². The van der Waals surface area contributed by atoms with Gasteiger partial charge in [0.05, 0.1) is 0 Å². The molecule has 6 heavy (non-hydrogen) atoms. The zero-order valence-corrected chi connectivity index (χ0v) is 4.68. The second-order valence-corrected chi connectivity index (χ2v) is 2.45. The predicted molar refractivity (Wildman–Crippen MR) is 25.0 cm³/mol. The van der Waals surface area contributed by atoms with E-state index in [1.807, 2.05) is 0 Å². The SMILES string of the molecule is CN(C)P(O)O. The van der Waals surface area contributed by atoms with Crippen molar-refractivity contribution >= 4 is 8.53 Å². The average molecular weight is 109 g/mol. The highest BCUT2D eigenvalue weighted by atomic mass is 31.2. The molecule has 38 valence electrons. The van der Waals surface area contributed by atoms with Gasteiger partial charge in [0.25, 0.3) is 8.53 Å². The summed E-state index contributed by atoms with van der Waals surface area (Å²) in [4.78, 5) is 16.4. The zero-order valence-electron chi connectivity index (χ0n) is 3.79. The van der Waals surface area contributed by atoms with E-state index in [1.165, 1.54) is 4.67 Å². The van der Waals surface area contributed by atoms with Crippen LogP contribution in [0.2, 0.25) is 0 Å². The maximum atomic E-state index is 8.18. The van der Waals surface area contributed by atoms with E-state index in [1.54, 1.807) is 14.1 Å². The first-order valence-electron chi connectivity index (χ1n) is 1.49. The van der Waals surface area contributed by atoms with Gasteiger partial charge in [-0.15, -0.1) is 0 Å². The molecule has 0 aliphatic heterocycles. The van der Waals surface area contributed by atoms with Gasteiger partial charge in [0, 0.05) is 0 Å². The lowest BCUT2D eigenvalue weighted by Gasteiger charge is -2.07. The van der Waals surface area contributed by atoms with Gasteiger partial charge in [-0.3, -0.25) is 0 Å². The highest BCUT2D eigenvalue weighted by molar-refractivity contribution is 7.42. The second-order valence-electron chi connectivity index (χ2n) is 1.12. The van der Waals surface area contributed by atoms with Crippen LogP contribution in [-0.4, -0.2) is 28.6 Å². The van der Waals surface area contributed by atoms with Crippen LogP contribution in [0.25, 0.3) is 0 Å². The van der Waals surface area contributed by atoms with Crippen LogP contribution in [0.1, 0.15) is 0 Å². The van der Waals surface area contributed by atoms with Gasteiger partial charge in [-0.2, -0.15) is 0 Å². The van der Waals surface area contributed by atoms with Crippen molar-refractivity contribution in [1.29, 1.82) is 0 Å². The number of rotatable bonds is 1. The molecule has 0 radical (unpaired) electrons. The lowest BCUT2D eigenvalue weighted by Crippen LogP contribution is -2.01. The van der Waals surface area contributed by atoms with Crippen molar-refractivity contribution in [2.75, 3.05) is 14.1 Å². The molecule has 3 nitrogen and oxygen atoms in total. The quantitative estimate of drug-likeness (QED) is 0.457. The smallest absolute Gasteiger partial charge is 0.252 e. The Morgan fingerprint density at radius 2 is 1.50 bits per heavy atom. The van der Waals surface area contributed by atoms with E-state index in [4.69, 9.17) is 9.79 Å². The van der Waals surface area contributed by atoms with Crippen LogP contribution in [0.15, 0.2) is 0 Å². The molecule has 0 aliphatic carbocycles. The third-order valence-electron chi connectivity index (χ3n) is 0.358. The molecule has 4 heteroatoms. The molecule has 0 rings (SSSR count).